The van der Waals surface area contributed by atoms with Gasteiger partial charge >= 0.3 is 0 Å². The van der Waals surface area contributed by atoms with Crippen LogP contribution in [0.2, 0.25) is 10.0 Å². The predicted molar refractivity (Wildman–Crippen MR) is 110 cm³/mol. The van der Waals surface area contributed by atoms with Gasteiger partial charge in [-0.15, -0.1) is 0 Å². The van der Waals surface area contributed by atoms with Gasteiger partial charge in [0.1, 0.15) is 10.0 Å². The Balaban J connectivity index is 1.75. The van der Waals surface area contributed by atoms with E-state index in [1.54, 1.807) is 0 Å². The zero-order valence-electron chi connectivity index (χ0n) is 14.9. The van der Waals surface area contributed by atoms with Gasteiger partial charge in [0.2, 0.25) is 11.3 Å². The lowest BCUT2D eigenvalue weighted by Crippen LogP contribution is -2.04. The number of halogens is 2. The fraction of sp³-hybridized carbons (Fsp3) is 0. The van der Waals surface area contributed by atoms with E-state index in [4.69, 9.17) is 23.2 Å². The number of nitro groups is 2. The lowest BCUT2D eigenvalue weighted by atomic mass is 10.2. The molecule has 2 heterocycles. The van der Waals surface area contributed by atoms with E-state index in [9.17, 15) is 20.2 Å². The van der Waals surface area contributed by atoms with Crippen molar-refractivity contribution in [1.29, 1.82) is 0 Å². The normalized spacial score (nSPS) is 10.8. The summed E-state index contributed by atoms with van der Waals surface area (Å²) in [5.41, 5.74) is 0.0770. The number of nitro benzene ring substituents is 2. The number of hydrogen-bond donors (Lipinski definition) is 2. The van der Waals surface area contributed by atoms with E-state index in [1.807, 2.05) is 0 Å². The summed E-state index contributed by atoms with van der Waals surface area (Å²) in [5.74, 6) is 0.190. The van der Waals surface area contributed by atoms with Crippen molar-refractivity contribution in [3.63, 3.8) is 0 Å². The number of nitrogens with zero attached hydrogens (tertiary/aromatic N) is 6. The zero-order chi connectivity index (χ0) is 22.1. The zero-order valence-corrected chi connectivity index (χ0v) is 16.5. The van der Waals surface area contributed by atoms with E-state index in [2.05, 4.69) is 35.5 Å². The molecule has 2 aromatic carbocycles. The number of nitrogens with one attached hydrogen (secondary N) is 2. The number of benzene rings is 2. The average Bonchev–Trinajstić information content (AvgIpc) is 3.17. The smallest absolute Gasteiger partial charge is 0.289 e. The number of hydrogen-bond acceptors (Lipinski definition) is 11. The van der Waals surface area contributed by atoms with Crippen LogP contribution in [0.5, 0.6) is 0 Å². The van der Waals surface area contributed by atoms with Crippen LogP contribution in [-0.2, 0) is 0 Å². The van der Waals surface area contributed by atoms with Crippen molar-refractivity contribution in [2.45, 2.75) is 0 Å². The average molecular weight is 463 g/mol. The van der Waals surface area contributed by atoms with Crippen molar-refractivity contribution in [3.8, 4) is 0 Å². The van der Waals surface area contributed by atoms with E-state index in [1.165, 1.54) is 36.4 Å². The van der Waals surface area contributed by atoms with Gasteiger partial charge in [0.05, 0.1) is 9.85 Å². The summed E-state index contributed by atoms with van der Waals surface area (Å²) in [4.78, 5) is 29.5. The molecule has 0 radical (unpaired) electrons. The van der Waals surface area contributed by atoms with E-state index < -0.39 is 9.85 Å². The molecule has 0 aliphatic rings. The maximum Gasteiger partial charge on any atom is 0.289 e. The van der Waals surface area contributed by atoms with Gasteiger partial charge < -0.3 is 10.6 Å². The number of anilines is 4. The molecule has 0 fully saturated rings. The van der Waals surface area contributed by atoms with E-state index in [0.717, 1.165) is 0 Å². The van der Waals surface area contributed by atoms with Gasteiger partial charge in [0.25, 0.3) is 11.4 Å². The van der Waals surface area contributed by atoms with Gasteiger partial charge in [0.15, 0.2) is 11.6 Å². The van der Waals surface area contributed by atoms with Crippen molar-refractivity contribution in [2.24, 2.45) is 0 Å². The van der Waals surface area contributed by atoms with Crippen LogP contribution in [0.25, 0.3) is 11.3 Å². The third kappa shape index (κ3) is 4.12. The van der Waals surface area contributed by atoms with Gasteiger partial charge in [-0.2, -0.15) is 0 Å². The molecule has 0 atom stereocenters. The first kappa shape index (κ1) is 20.2. The molecule has 15 heteroatoms. The first-order chi connectivity index (χ1) is 14.8. The summed E-state index contributed by atoms with van der Waals surface area (Å²) in [5, 5.41) is 35.2. The minimum Gasteiger partial charge on any atom is -0.337 e. The largest absolute Gasteiger partial charge is 0.337 e. The summed E-state index contributed by atoms with van der Waals surface area (Å²) >= 11 is 11.7. The van der Waals surface area contributed by atoms with Crippen LogP contribution in [0.1, 0.15) is 0 Å². The van der Waals surface area contributed by atoms with Crippen molar-refractivity contribution in [2.75, 3.05) is 10.6 Å². The third-order valence-electron chi connectivity index (χ3n) is 3.93. The Morgan fingerprint density at radius 3 is 1.58 bits per heavy atom. The van der Waals surface area contributed by atoms with Crippen molar-refractivity contribution < 1.29 is 14.5 Å². The van der Waals surface area contributed by atoms with Crippen LogP contribution in [0.3, 0.4) is 0 Å². The van der Waals surface area contributed by atoms with Gasteiger partial charge in [-0.1, -0.05) is 23.2 Å². The van der Waals surface area contributed by atoms with Crippen LogP contribution in [-0.4, -0.2) is 30.1 Å². The molecule has 0 aliphatic heterocycles. The standard InChI is InChI=1S/C16H8Cl2N8O5/c17-9-3-1-7(5-11(9)25(27)28)19-13-14(22-16-15(21-13)23-31-24-16)20-8-2-4-10(18)12(6-8)26(29)30/h1-6H,(H,19,21,23)(H,20,22,24). The Morgan fingerprint density at radius 1 is 0.774 bits per heavy atom. The molecule has 0 bridgehead atoms. The molecule has 13 nitrogen and oxygen atoms in total. The Kier molecular flexibility index (Phi) is 5.19. The second-order valence-electron chi connectivity index (χ2n) is 5.93. The first-order valence-electron chi connectivity index (χ1n) is 8.24. The Labute approximate surface area is 181 Å². The molecule has 2 N–H and O–H groups in total. The van der Waals surface area contributed by atoms with Crippen LogP contribution in [0.4, 0.5) is 34.4 Å². The second kappa shape index (κ2) is 7.97. The molecule has 4 rings (SSSR count). The lowest BCUT2D eigenvalue weighted by Gasteiger charge is -2.12. The molecule has 0 spiro atoms. The Morgan fingerprint density at radius 2 is 1.19 bits per heavy atom. The van der Waals surface area contributed by atoms with E-state index in [-0.39, 0.29) is 55.7 Å². The maximum atomic E-state index is 11.1. The van der Waals surface area contributed by atoms with Gasteiger partial charge in [-0.3, -0.25) is 20.2 Å². The van der Waals surface area contributed by atoms with Crippen LogP contribution >= 0.6 is 23.2 Å². The minimum absolute atomic E-state index is 0.0374. The highest BCUT2D eigenvalue weighted by Gasteiger charge is 2.18. The molecule has 156 valence electrons. The predicted octanol–water partition coefficient (Wildman–Crippen LogP) is 4.62. The topological polar surface area (TPSA) is 175 Å². The SMILES string of the molecule is O=[N+]([O-])c1cc(Nc2nc3nonc3nc2Nc2ccc(Cl)c([N+](=O)[O-])c2)ccc1Cl. The molecule has 0 aliphatic carbocycles. The molecule has 0 saturated heterocycles. The monoisotopic (exact) mass is 462 g/mol. The highest BCUT2D eigenvalue weighted by atomic mass is 35.5. The van der Waals surface area contributed by atoms with E-state index in [0.29, 0.717) is 0 Å². The summed E-state index contributed by atoms with van der Waals surface area (Å²) in [6, 6.07) is 8.12. The fourth-order valence-electron chi connectivity index (χ4n) is 2.55. The number of rotatable bonds is 6. The molecule has 0 saturated carbocycles. The minimum atomic E-state index is -0.629. The van der Waals surface area contributed by atoms with Crippen molar-refractivity contribution >= 4 is 68.9 Å². The molecule has 31 heavy (non-hydrogen) atoms. The molecule has 2 aromatic heterocycles. The van der Waals surface area contributed by atoms with Crippen LogP contribution < -0.4 is 10.6 Å². The second-order valence-corrected chi connectivity index (χ2v) is 6.74. The van der Waals surface area contributed by atoms with Gasteiger partial charge in [-0.05, 0) is 34.6 Å². The summed E-state index contributed by atoms with van der Waals surface area (Å²) < 4.78 is 4.61. The Hall–Kier alpha value is -4.10. The van der Waals surface area contributed by atoms with Crippen molar-refractivity contribution in [1.82, 2.24) is 20.3 Å². The third-order valence-corrected chi connectivity index (χ3v) is 4.56. The highest BCUT2D eigenvalue weighted by molar-refractivity contribution is 6.33. The van der Waals surface area contributed by atoms with Crippen LogP contribution in [0.15, 0.2) is 41.0 Å². The number of aromatic nitrogens is 4. The number of fused-ring (bicyclic) bond motifs is 1. The molecular weight excluding hydrogens is 455 g/mol. The molecule has 4 aromatic rings. The van der Waals surface area contributed by atoms with Gasteiger partial charge in [0, 0.05) is 23.5 Å². The van der Waals surface area contributed by atoms with E-state index >= 15 is 0 Å². The summed E-state index contributed by atoms with van der Waals surface area (Å²) in [6.45, 7) is 0. The Bertz CT molecular complexity index is 1250. The highest BCUT2D eigenvalue weighted by Crippen LogP contribution is 2.33. The summed E-state index contributed by atoms with van der Waals surface area (Å²) in [7, 11) is 0. The van der Waals surface area contributed by atoms with Gasteiger partial charge in [-0.25, -0.2) is 14.6 Å². The summed E-state index contributed by atoms with van der Waals surface area (Å²) in [6.07, 6.45) is 0. The molecular formula is C16H8Cl2N8O5. The maximum absolute atomic E-state index is 11.1. The van der Waals surface area contributed by atoms with Crippen LogP contribution in [0, 0.1) is 20.2 Å². The first-order valence-corrected chi connectivity index (χ1v) is 8.99. The molecule has 0 unspecified atom stereocenters. The van der Waals surface area contributed by atoms with Crippen molar-refractivity contribution in [3.05, 3.63) is 66.7 Å². The lowest BCUT2D eigenvalue weighted by molar-refractivity contribution is -0.384. The molecule has 0 amide bonds. The fourth-order valence-corrected chi connectivity index (χ4v) is 2.92. The quantitative estimate of drug-likeness (QED) is 0.301.